The number of hydrogen-bond donors (Lipinski definition) is 3. The van der Waals surface area contributed by atoms with Gasteiger partial charge in [0.15, 0.2) is 40.0 Å². The minimum absolute atomic E-state index is 0.00936. The minimum Gasteiger partial charge on any atom is -0.504 e. The fraction of sp³-hybridized carbons (Fsp3) is 0.500. The number of nitrogens with one attached hydrogen (secondary N) is 1. The number of piperazine rings is 1. The third kappa shape index (κ3) is 4.22. The summed E-state index contributed by atoms with van der Waals surface area (Å²) in [6, 6.07) is 4.71. The summed E-state index contributed by atoms with van der Waals surface area (Å²) in [5.74, 6) is 1.75. The number of benzene rings is 3. The molecule has 3 aromatic carbocycles. The van der Waals surface area contributed by atoms with Gasteiger partial charge in [-0.15, -0.1) is 11.8 Å². The number of aryl methyl sites for hydroxylation is 1. The van der Waals surface area contributed by atoms with Gasteiger partial charge in [0, 0.05) is 65.6 Å². The first-order chi connectivity index (χ1) is 25.9. The first kappa shape index (κ1) is 34.1. The number of nitrogens with zero attached hydrogens (tertiary/aromatic N) is 2. The summed E-state index contributed by atoms with van der Waals surface area (Å²) in [7, 11) is 3.07. The van der Waals surface area contributed by atoms with E-state index < -0.39 is 28.8 Å². The van der Waals surface area contributed by atoms with E-state index in [0.29, 0.717) is 53.6 Å². The van der Waals surface area contributed by atoms with E-state index in [2.05, 4.69) is 28.1 Å². The summed E-state index contributed by atoms with van der Waals surface area (Å²) in [5.41, 5.74) is 5.03. The molecule has 0 aromatic heterocycles. The maximum atomic E-state index is 14.7. The zero-order chi connectivity index (χ0) is 37.6. The van der Waals surface area contributed by atoms with Crippen LogP contribution in [0.4, 0.5) is 0 Å². The highest BCUT2D eigenvalue weighted by Crippen LogP contribution is 2.69. The fourth-order valence-corrected chi connectivity index (χ4v) is 12.7. The highest BCUT2D eigenvalue weighted by molar-refractivity contribution is 7.99. The molecular formula is C40H43N3O10S. The number of phenolic OH excluding ortho intramolecular Hbond substituents is 2. The van der Waals surface area contributed by atoms with E-state index in [-0.39, 0.29) is 60.1 Å². The first-order valence-electron chi connectivity index (χ1n) is 18.5. The lowest BCUT2D eigenvalue weighted by Crippen LogP contribution is -2.71. The number of esters is 2. The SMILES string of the molecule is COc1cc2c(cc1O)CCN[C@]21CS[C@@H]2c3c(OC(C)=O)c(C)c4c(c3[C@H](COC1=O)N1CC3CC5(C)c6cc(C)c(OC)c(O)c6C(C21)N35)OCO4. The van der Waals surface area contributed by atoms with Gasteiger partial charge in [0.25, 0.3) is 0 Å². The second kappa shape index (κ2) is 11.6. The summed E-state index contributed by atoms with van der Waals surface area (Å²) in [5, 5.41) is 26.0. The molecule has 8 aliphatic heterocycles. The molecule has 4 unspecified atom stereocenters. The zero-order valence-corrected chi connectivity index (χ0v) is 31.8. The number of carbonyl (C=O) groups is 2. The van der Waals surface area contributed by atoms with Gasteiger partial charge in [0.2, 0.25) is 6.79 Å². The van der Waals surface area contributed by atoms with Crippen LogP contribution in [0.3, 0.4) is 0 Å². The second-order valence-electron chi connectivity index (χ2n) is 15.8. The average molecular weight is 758 g/mol. The van der Waals surface area contributed by atoms with Gasteiger partial charge in [-0.2, -0.15) is 0 Å². The zero-order valence-electron chi connectivity index (χ0n) is 31.0. The number of thioether (sulfide) groups is 1. The van der Waals surface area contributed by atoms with Crippen molar-refractivity contribution in [1.82, 2.24) is 15.1 Å². The molecule has 13 nitrogen and oxygen atoms in total. The Bertz CT molecular complexity index is 2200. The molecule has 3 saturated heterocycles. The molecule has 11 rings (SSSR count). The number of rotatable bonds is 3. The van der Waals surface area contributed by atoms with Crippen LogP contribution in [-0.4, -0.2) is 90.5 Å². The van der Waals surface area contributed by atoms with E-state index in [9.17, 15) is 19.8 Å². The van der Waals surface area contributed by atoms with Crippen LogP contribution in [0.15, 0.2) is 18.2 Å². The van der Waals surface area contributed by atoms with Crippen molar-refractivity contribution in [3.05, 3.63) is 62.7 Å². The van der Waals surface area contributed by atoms with Gasteiger partial charge in [0.05, 0.1) is 31.6 Å². The van der Waals surface area contributed by atoms with Crippen molar-refractivity contribution >= 4 is 23.7 Å². The molecule has 0 aliphatic carbocycles. The van der Waals surface area contributed by atoms with E-state index >= 15 is 0 Å². The summed E-state index contributed by atoms with van der Waals surface area (Å²) in [6.45, 7) is 8.68. The van der Waals surface area contributed by atoms with Crippen molar-refractivity contribution in [2.24, 2.45) is 0 Å². The van der Waals surface area contributed by atoms with Gasteiger partial charge in [-0.3, -0.25) is 19.9 Å². The second-order valence-corrected chi connectivity index (χ2v) is 16.9. The van der Waals surface area contributed by atoms with Crippen LogP contribution in [0.25, 0.3) is 0 Å². The monoisotopic (exact) mass is 757 g/mol. The number of methoxy groups -OCH3 is 2. The highest BCUT2D eigenvalue weighted by Gasteiger charge is 2.68. The molecule has 3 N–H and O–H groups in total. The number of hydrogen-bond acceptors (Lipinski definition) is 14. The predicted octanol–water partition coefficient (Wildman–Crippen LogP) is 4.54. The molecule has 14 heteroatoms. The van der Waals surface area contributed by atoms with Crippen LogP contribution in [0.2, 0.25) is 0 Å². The normalized spacial score (nSPS) is 31.4. The molecule has 0 radical (unpaired) electrons. The smallest absolute Gasteiger partial charge is 0.331 e. The molecule has 54 heavy (non-hydrogen) atoms. The van der Waals surface area contributed by atoms with Gasteiger partial charge in [0.1, 0.15) is 12.4 Å². The first-order valence-corrected chi connectivity index (χ1v) is 19.5. The molecule has 3 fully saturated rings. The lowest BCUT2D eigenvalue weighted by Gasteiger charge is -2.65. The molecular weight excluding hydrogens is 715 g/mol. The Morgan fingerprint density at radius 2 is 1.81 bits per heavy atom. The van der Waals surface area contributed by atoms with E-state index in [4.69, 9.17) is 28.4 Å². The number of carbonyl (C=O) groups excluding carboxylic acids is 2. The number of fused-ring (bicyclic) bond motifs is 8. The molecule has 0 saturated carbocycles. The van der Waals surface area contributed by atoms with Crippen molar-refractivity contribution in [2.45, 2.75) is 81.0 Å². The molecule has 1 spiro atoms. The maximum absolute atomic E-state index is 14.7. The number of aromatic hydroxyl groups is 2. The predicted molar refractivity (Wildman–Crippen MR) is 196 cm³/mol. The van der Waals surface area contributed by atoms with Crippen molar-refractivity contribution in [2.75, 3.05) is 46.5 Å². The topological polar surface area (TPSA) is 148 Å². The summed E-state index contributed by atoms with van der Waals surface area (Å²) >= 11 is 1.59. The van der Waals surface area contributed by atoms with Crippen molar-refractivity contribution < 1.29 is 48.2 Å². The fourth-order valence-electron chi connectivity index (χ4n) is 11.0. The van der Waals surface area contributed by atoms with E-state index in [1.807, 2.05) is 13.8 Å². The van der Waals surface area contributed by atoms with Crippen LogP contribution < -0.4 is 29.0 Å². The lowest BCUT2D eigenvalue weighted by molar-refractivity contribution is -0.174. The Hall–Kier alpha value is -4.37. The van der Waals surface area contributed by atoms with Crippen LogP contribution in [-0.2, 0) is 31.8 Å². The largest absolute Gasteiger partial charge is 0.504 e. The maximum Gasteiger partial charge on any atom is 0.331 e. The highest BCUT2D eigenvalue weighted by atomic mass is 32.2. The average Bonchev–Trinajstić information content (AvgIpc) is 3.71. The van der Waals surface area contributed by atoms with Gasteiger partial charge >= 0.3 is 11.9 Å². The Balaban J connectivity index is 1.23. The van der Waals surface area contributed by atoms with E-state index in [1.165, 1.54) is 14.0 Å². The summed E-state index contributed by atoms with van der Waals surface area (Å²) in [6.07, 6.45) is 1.50. The minimum atomic E-state index is -1.28. The molecule has 284 valence electrons. The molecule has 3 aromatic rings. The molecule has 2 bridgehead atoms. The quantitative estimate of drug-likeness (QED) is 0.254. The van der Waals surface area contributed by atoms with Crippen LogP contribution in [0, 0.1) is 13.8 Å². The van der Waals surface area contributed by atoms with Gasteiger partial charge in [-0.1, -0.05) is 0 Å². The summed E-state index contributed by atoms with van der Waals surface area (Å²) < 4.78 is 36.3. The van der Waals surface area contributed by atoms with Crippen LogP contribution >= 0.6 is 11.8 Å². The van der Waals surface area contributed by atoms with Gasteiger partial charge in [-0.25, -0.2) is 4.79 Å². The Morgan fingerprint density at radius 3 is 2.57 bits per heavy atom. The van der Waals surface area contributed by atoms with Crippen molar-refractivity contribution in [1.29, 1.82) is 0 Å². The number of ether oxygens (including phenoxy) is 6. The van der Waals surface area contributed by atoms with Crippen LogP contribution in [0.1, 0.15) is 82.1 Å². The van der Waals surface area contributed by atoms with Crippen LogP contribution in [0.5, 0.6) is 40.2 Å². The Labute approximate surface area is 316 Å². The molecule has 8 aliphatic rings. The number of phenols is 2. The molecule has 8 heterocycles. The summed E-state index contributed by atoms with van der Waals surface area (Å²) in [4.78, 5) is 32.6. The van der Waals surface area contributed by atoms with E-state index in [0.717, 1.165) is 39.8 Å². The lowest BCUT2D eigenvalue weighted by atomic mass is 9.73. The van der Waals surface area contributed by atoms with Crippen molar-refractivity contribution in [3.8, 4) is 40.2 Å². The van der Waals surface area contributed by atoms with Gasteiger partial charge < -0.3 is 38.6 Å². The molecule has 7 atom stereocenters. The Kier molecular flexibility index (Phi) is 7.32. The van der Waals surface area contributed by atoms with Gasteiger partial charge in [-0.05, 0) is 74.1 Å². The third-order valence-corrected chi connectivity index (χ3v) is 14.6. The molecule has 0 amide bonds. The Morgan fingerprint density at radius 1 is 1.02 bits per heavy atom. The van der Waals surface area contributed by atoms with E-state index in [1.54, 1.807) is 31.0 Å². The third-order valence-electron chi connectivity index (χ3n) is 13.1. The standard InChI is InChI=1S/C40H43N3O10S/c1-17-9-23-27(32(46)33(17)49-6)30-31-37-29-28(36-35(51-16-52-36)18(2)34(29)53-19(3)44)24(42(31)13-21-12-39(23,4)43(21)30)14-50-38(47)40(15-54-37)22-11-26(48-5)25(45)10-20(22)7-8-41-40/h9-11,21,24,30-31,37,41,45-46H,7-8,12-16H2,1-6H3/t21?,24-,30?,31?,37+,39?,40+/m0/s1. The van der Waals surface area contributed by atoms with Crippen molar-refractivity contribution in [3.63, 3.8) is 0 Å².